The average molecular weight is 395 g/mol. The van der Waals surface area contributed by atoms with E-state index in [1.54, 1.807) is 12.6 Å². The zero-order valence-electron chi connectivity index (χ0n) is 15.5. The second-order valence-electron chi connectivity index (χ2n) is 6.61. The van der Waals surface area contributed by atoms with E-state index in [4.69, 9.17) is 4.42 Å². The largest absolute Gasteiger partial charge is 0.467 e. The number of nitrogens with zero attached hydrogens (tertiary/aromatic N) is 4. The van der Waals surface area contributed by atoms with Gasteiger partial charge < -0.3 is 9.32 Å². The Hall–Kier alpha value is -2.80. The van der Waals surface area contributed by atoms with Crippen LogP contribution in [-0.4, -0.2) is 31.3 Å². The van der Waals surface area contributed by atoms with E-state index in [9.17, 15) is 4.79 Å². The minimum absolute atomic E-state index is 0.0529. The Morgan fingerprint density at radius 2 is 2.07 bits per heavy atom. The molecule has 0 atom stereocenters. The van der Waals surface area contributed by atoms with Gasteiger partial charge in [0.05, 0.1) is 18.6 Å². The molecule has 0 saturated carbocycles. The van der Waals surface area contributed by atoms with Crippen molar-refractivity contribution >= 4 is 17.7 Å². The summed E-state index contributed by atoms with van der Waals surface area (Å²) < 4.78 is 7.38. The van der Waals surface area contributed by atoms with Gasteiger partial charge >= 0.3 is 0 Å². The molecule has 1 aliphatic rings. The van der Waals surface area contributed by atoms with Crippen LogP contribution >= 0.6 is 11.8 Å². The van der Waals surface area contributed by atoms with Crippen molar-refractivity contribution in [1.29, 1.82) is 0 Å². The predicted octanol–water partition coefficient (Wildman–Crippen LogP) is 4.44. The van der Waals surface area contributed by atoms with Crippen LogP contribution in [-0.2, 0) is 11.3 Å². The van der Waals surface area contributed by atoms with E-state index in [0.29, 0.717) is 17.5 Å². The average Bonchev–Trinajstić information content (AvgIpc) is 3.43. The summed E-state index contributed by atoms with van der Waals surface area (Å²) in [6.45, 7) is 0.462. The Bertz CT molecular complexity index is 934. The lowest BCUT2D eigenvalue weighted by Gasteiger charge is -2.27. The van der Waals surface area contributed by atoms with Crippen LogP contribution in [0.2, 0.25) is 0 Å². The summed E-state index contributed by atoms with van der Waals surface area (Å²) in [4.78, 5) is 14.9. The number of furan rings is 1. The normalized spacial score (nSPS) is 13.9. The van der Waals surface area contributed by atoms with E-state index in [1.165, 1.54) is 18.2 Å². The van der Waals surface area contributed by atoms with Crippen LogP contribution in [0.1, 0.15) is 31.4 Å². The quantitative estimate of drug-likeness (QED) is 0.554. The summed E-state index contributed by atoms with van der Waals surface area (Å²) in [5.41, 5.74) is 2.07. The molecule has 2 heterocycles. The first-order chi connectivity index (χ1) is 13.8. The van der Waals surface area contributed by atoms with Crippen molar-refractivity contribution in [1.82, 2.24) is 19.7 Å². The molecule has 1 aliphatic carbocycles. The predicted molar refractivity (Wildman–Crippen MR) is 108 cm³/mol. The molecule has 0 saturated heterocycles. The van der Waals surface area contributed by atoms with Crippen molar-refractivity contribution in [3.8, 4) is 5.69 Å². The van der Waals surface area contributed by atoms with Crippen LogP contribution in [0, 0.1) is 0 Å². The Balaban J connectivity index is 1.48. The van der Waals surface area contributed by atoms with Gasteiger partial charge in [-0.1, -0.05) is 36.0 Å². The molecule has 6 nitrogen and oxygen atoms in total. The molecule has 3 aromatic rings. The van der Waals surface area contributed by atoms with Gasteiger partial charge in [0.15, 0.2) is 5.16 Å². The lowest BCUT2D eigenvalue weighted by molar-refractivity contribution is -0.127. The van der Waals surface area contributed by atoms with Crippen LogP contribution in [0.15, 0.2) is 76.4 Å². The monoisotopic (exact) mass is 394 g/mol. The molecule has 7 heteroatoms. The first-order valence-corrected chi connectivity index (χ1v) is 10.4. The summed E-state index contributed by atoms with van der Waals surface area (Å²) in [6.07, 6.45) is 9.74. The summed E-state index contributed by atoms with van der Waals surface area (Å²) in [7, 11) is 0. The van der Waals surface area contributed by atoms with Gasteiger partial charge in [0.25, 0.3) is 0 Å². The molecule has 0 unspecified atom stereocenters. The van der Waals surface area contributed by atoms with Crippen molar-refractivity contribution < 1.29 is 9.21 Å². The third kappa shape index (κ3) is 4.36. The molecule has 1 amide bonds. The number of aromatic nitrogens is 3. The highest BCUT2D eigenvalue weighted by molar-refractivity contribution is 7.99. The number of allylic oxidation sites excluding steroid dienone is 2. The van der Waals surface area contributed by atoms with Crippen LogP contribution in [0.5, 0.6) is 0 Å². The molecule has 144 valence electrons. The van der Waals surface area contributed by atoms with Crippen molar-refractivity contribution in [2.75, 3.05) is 5.75 Å². The highest BCUT2D eigenvalue weighted by Crippen LogP contribution is 2.26. The maximum Gasteiger partial charge on any atom is 0.237 e. The van der Waals surface area contributed by atoms with Crippen molar-refractivity contribution in [2.24, 2.45) is 0 Å². The highest BCUT2D eigenvalue weighted by Gasteiger charge is 2.22. The Kier molecular flexibility index (Phi) is 5.92. The molecule has 0 radical (unpaired) electrons. The lowest BCUT2D eigenvalue weighted by Crippen LogP contribution is -2.32. The topological polar surface area (TPSA) is 64.2 Å². The molecular formula is C21H22N4O2S. The van der Waals surface area contributed by atoms with Crippen molar-refractivity contribution in [3.63, 3.8) is 0 Å². The fraction of sp³-hybridized carbons (Fsp3) is 0.286. The molecular weight excluding hydrogens is 372 g/mol. The summed E-state index contributed by atoms with van der Waals surface area (Å²) in [6, 6.07) is 13.6. The lowest BCUT2D eigenvalue weighted by atomic mass is 10.0. The van der Waals surface area contributed by atoms with E-state index in [0.717, 1.165) is 36.4 Å². The number of amides is 1. The number of thioether (sulfide) groups is 1. The van der Waals surface area contributed by atoms with Gasteiger partial charge in [0, 0.05) is 11.4 Å². The molecule has 0 N–H and O–H groups in total. The maximum atomic E-state index is 13.1. The fourth-order valence-electron chi connectivity index (χ4n) is 3.27. The molecule has 2 aromatic heterocycles. The van der Waals surface area contributed by atoms with Crippen molar-refractivity contribution in [2.45, 2.75) is 37.4 Å². The SMILES string of the molecule is O=C(CSc1nncn1-c1ccccc1)N(Cc1ccco1)C1=CCCCC1. The maximum absolute atomic E-state index is 13.1. The zero-order valence-corrected chi connectivity index (χ0v) is 16.3. The first kappa shape index (κ1) is 18.6. The number of hydrogen-bond acceptors (Lipinski definition) is 5. The number of rotatable bonds is 7. The summed E-state index contributed by atoms with van der Waals surface area (Å²) in [5.74, 6) is 1.14. The third-order valence-electron chi connectivity index (χ3n) is 4.68. The number of carbonyl (C=O) groups excluding carboxylic acids is 1. The van der Waals surface area contributed by atoms with Crippen LogP contribution in [0.3, 0.4) is 0 Å². The molecule has 1 aromatic carbocycles. The molecule has 28 heavy (non-hydrogen) atoms. The van der Waals surface area contributed by atoms with E-state index in [2.05, 4.69) is 16.3 Å². The van der Waals surface area contributed by atoms with Crippen LogP contribution in [0.25, 0.3) is 5.69 Å². The minimum Gasteiger partial charge on any atom is -0.467 e. The second kappa shape index (κ2) is 8.93. The molecule has 4 rings (SSSR count). The zero-order chi connectivity index (χ0) is 19.2. The molecule has 0 bridgehead atoms. The number of benzene rings is 1. The van der Waals surface area contributed by atoms with E-state index < -0.39 is 0 Å². The number of para-hydroxylation sites is 1. The Labute approximate surface area is 168 Å². The molecule has 0 aliphatic heterocycles. The second-order valence-corrected chi connectivity index (χ2v) is 7.55. The molecule has 0 spiro atoms. The van der Waals surface area contributed by atoms with Crippen molar-refractivity contribution in [3.05, 3.63) is 72.6 Å². The summed E-state index contributed by atoms with van der Waals surface area (Å²) in [5, 5.41) is 8.90. The highest BCUT2D eigenvalue weighted by atomic mass is 32.2. The van der Waals surface area contributed by atoms with E-state index >= 15 is 0 Å². The van der Waals surface area contributed by atoms with Gasteiger partial charge in [0.1, 0.15) is 12.1 Å². The van der Waals surface area contributed by atoms with E-state index in [1.807, 2.05) is 51.9 Å². The third-order valence-corrected chi connectivity index (χ3v) is 5.61. The number of hydrogen-bond donors (Lipinski definition) is 0. The summed E-state index contributed by atoms with van der Waals surface area (Å²) >= 11 is 1.40. The van der Waals surface area contributed by atoms with Gasteiger partial charge in [-0.25, -0.2) is 0 Å². The standard InChI is InChI=1S/C21H22N4O2S/c26-20(15-28-21-23-22-16-25(21)18-10-5-2-6-11-18)24(14-19-12-7-13-27-19)17-8-3-1-4-9-17/h2,5-8,10-13,16H,1,3-4,9,14-15H2. The smallest absolute Gasteiger partial charge is 0.237 e. The van der Waals surface area contributed by atoms with Gasteiger partial charge in [-0.15, -0.1) is 10.2 Å². The first-order valence-electron chi connectivity index (χ1n) is 9.41. The van der Waals surface area contributed by atoms with Crippen LogP contribution < -0.4 is 0 Å². The Morgan fingerprint density at radius 3 is 2.82 bits per heavy atom. The van der Waals surface area contributed by atoms with Gasteiger partial charge in [-0.2, -0.15) is 0 Å². The number of carbonyl (C=O) groups is 1. The van der Waals surface area contributed by atoms with Crippen LogP contribution in [0.4, 0.5) is 0 Å². The van der Waals surface area contributed by atoms with Gasteiger partial charge in [-0.3, -0.25) is 9.36 Å². The van der Waals surface area contributed by atoms with Gasteiger partial charge in [-0.05, 0) is 49.9 Å². The minimum atomic E-state index is 0.0529. The molecule has 0 fully saturated rings. The Morgan fingerprint density at radius 1 is 1.18 bits per heavy atom. The van der Waals surface area contributed by atoms with E-state index in [-0.39, 0.29) is 5.91 Å². The fourth-order valence-corrected chi connectivity index (χ4v) is 4.07. The van der Waals surface area contributed by atoms with Gasteiger partial charge in [0.2, 0.25) is 5.91 Å².